The summed E-state index contributed by atoms with van der Waals surface area (Å²) in [5.41, 5.74) is 5.09. The number of benzene rings is 2. The fourth-order valence-corrected chi connectivity index (χ4v) is 4.11. The maximum absolute atomic E-state index is 13.0. The van der Waals surface area contributed by atoms with Gasteiger partial charge in [-0.2, -0.15) is 0 Å². The lowest BCUT2D eigenvalue weighted by molar-refractivity contribution is -0.115. The van der Waals surface area contributed by atoms with Crippen molar-refractivity contribution >= 4 is 34.3 Å². The van der Waals surface area contributed by atoms with Gasteiger partial charge in [0, 0.05) is 11.1 Å². The number of hydrogen-bond acceptors (Lipinski definition) is 3. The standard InChI is InChI=1S/C22H23FN2OS/c1-5-19(22(26)24-17-8-6-16(23)7-9-17)27-20-12-14(3)18-11-13(2)10-15(4)21(18)25-20/h6-12,19H,5H2,1-4H3,(H,24,26). The predicted octanol–water partition coefficient (Wildman–Crippen LogP) is 5.81. The van der Waals surface area contributed by atoms with E-state index in [-0.39, 0.29) is 17.0 Å². The zero-order valence-corrected chi connectivity index (χ0v) is 16.8. The normalized spacial score (nSPS) is 12.2. The second-order valence-electron chi connectivity index (χ2n) is 6.77. The third kappa shape index (κ3) is 4.48. The highest BCUT2D eigenvalue weighted by atomic mass is 32.2. The second-order valence-corrected chi connectivity index (χ2v) is 7.99. The summed E-state index contributed by atoms with van der Waals surface area (Å²) in [6.45, 7) is 8.20. The van der Waals surface area contributed by atoms with Gasteiger partial charge in [-0.05, 0) is 74.7 Å². The van der Waals surface area contributed by atoms with Gasteiger partial charge >= 0.3 is 0 Å². The molecule has 0 aliphatic heterocycles. The Labute approximate surface area is 163 Å². The van der Waals surface area contributed by atoms with E-state index >= 15 is 0 Å². The Morgan fingerprint density at radius 3 is 2.48 bits per heavy atom. The zero-order chi connectivity index (χ0) is 19.6. The van der Waals surface area contributed by atoms with Crippen LogP contribution in [0, 0.1) is 26.6 Å². The third-order valence-electron chi connectivity index (χ3n) is 4.47. The first-order chi connectivity index (χ1) is 12.9. The molecule has 1 heterocycles. The van der Waals surface area contributed by atoms with Crippen LogP contribution in [0.2, 0.25) is 0 Å². The third-order valence-corrected chi connectivity index (χ3v) is 5.75. The van der Waals surface area contributed by atoms with E-state index in [1.54, 1.807) is 12.1 Å². The molecule has 0 aliphatic carbocycles. The summed E-state index contributed by atoms with van der Waals surface area (Å²) in [5, 5.41) is 4.58. The Hall–Kier alpha value is -2.40. The van der Waals surface area contributed by atoms with Crippen molar-refractivity contribution in [2.75, 3.05) is 5.32 Å². The van der Waals surface area contributed by atoms with Crippen molar-refractivity contribution in [3.8, 4) is 0 Å². The van der Waals surface area contributed by atoms with Crippen molar-refractivity contribution in [2.24, 2.45) is 0 Å². The van der Waals surface area contributed by atoms with E-state index in [0.29, 0.717) is 12.1 Å². The summed E-state index contributed by atoms with van der Waals surface area (Å²) in [6, 6.07) is 12.1. The minimum Gasteiger partial charge on any atom is -0.325 e. The Morgan fingerprint density at radius 2 is 1.81 bits per heavy atom. The number of halogens is 1. The Kier molecular flexibility index (Phi) is 5.80. The molecule has 1 aromatic heterocycles. The molecule has 3 rings (SSSR count). The van der Waals surface area contributed by atoms with E-state index in [9.17, 15) is 9.18 Å². The van der Waals surface area contributed by atoms with Crippen molar-refractivity contribution in [3.05, 3.63) is 65.0 Å². The number of pyridine rings is 1. The number of nitrogens with one attached hydrogen (secondary N) is 1. The molecule has 0 bridgehead atoms. The van der Waals surface area contributed by atoms with Crippen molar-refractivity contribution < 1.29 is 9.18 Å². The van der Waals surface area contributed by atoms with Crippen LogP contribution in [-0.4, -0.2) is 16.1 Å². The number of rotatable bonds is 5. The minimum absolute atomic E-state index is 0.103. The molecule has 2 aromatic carbocycles. The van der Waals surface area contributed by atoms with Crippen LogP contribution in [0.15, 0.2) is 47.5 Å². The van der Waals surface area contributed by atoms with Crippen molar-refractivity contribution in [1.82, 2.24) is 4.98 Å². The first-order valence-electron chi connectivity index (χ1n) is 8.99. The Balaban J connectivity index is 1.83. The van der Waals surface area contributed by atoms with Crippen LogP contribution in [0.4, 0.5) is 10.1 Å². The van der Waals surface area contributed by atoms with E-state index in [0.717, 1.165) is 27.1 Å². The van der Waals surface area contributed by atoms with Gasteiger partial charge in [-0.1, -0.05) is 30.3 Å². The molecule has 0 radical (unpaired) electrons. The van der Waals surface area contributed by atoms with Crippen LogP contribution in [0.1, 0.15) is 30.0 Å². The van der Waals surface area contributed by atoms with Crippen LogP contribution >= 0.6 is 11.8 Å². The van der Waals surface area contributed by atoms with Gasteiger partial charge in [0.05, 0.1) is 15.8 Å². The molecular formula is C22H23FN2OS. The lowest BCUT2D eigenvalue weighted by Gasteiger charge is -2.16. The summed E-state index contributed by atoms with van der Waals surface area (Å²) < 4.78 is 13.0. The summed E-state index contributed by atoms with van der Waals surface area (Å²) in [7, 11) is 0. The number of amides is 1. The highest BCUT2D eigenvalue weighted by molar-refractivity contribution is 8.00. The van der Waals surface area contributed by atoms with E-state index in [1.807, 2.05) is 13.0 Å². The number of aryl methyl sites for hydroxylation is 3. The highest BCUT2D eigenvalue weighted by Gasteiger charge is 2.19. The van der Waals surface area contributed by atoms with Gasteiger partial charge in [0.15, 0.2) is 0 Å². The molecule has 140 valence electrons. The average Bonchev–Trinajstić information content (AvgIpc) is 2.62. The first-order valence-corrected chi connectivity index (χ1v) is 9.87. The molecule has 1 N–H and O–H groups in total. The van der Waals surface area contributed by atoms with Crippen molar-refractivity contribution in [2.45, 2.75) is 44.4 Å². The number of aromatic nitrogens is 1. The Morgan fingerprint density at radius 1 is 1.11 bits per heavy atom. The molecule has 0 saturated carbocycles. The number of carbonyl (C=O) groups is 1. The van der Waals surface area contributed by atoms with Crippen LogP contribution in [0.5, 0.6) is 0 Å². The van der Waals surface area contributed by atoms with E-state index in [2.05, 4.69) is 38.2 Å². The quantitative estimate of drug-likeness (QED) is 0.566. The maximum Gasteiger partial charge on any atom is 0.237 e. The average molecular weight is 383 g/mol. The SMILES string of the molecule is CCC(Sc1cc(C)c2cc(C)cc(C)c2n1)C(=O)Nc1ccc(F)cc1. The molecule has 3 aromatic rings. The molecule has 1 atom stereocenters. The van der Waals surface area contributed by atoms with Crippen molar-refractivity contribution in [3.63, 3.8) is 0 Å². The fraction of sp³-hybridized carbons (Fsp3) is 0.273. The number of anilines is 1. The van der Waals surface area contributed by atoms with Gasteiger partial charge in [-0.3, -0.25) is 4.79 Å². The summed E-state index contributed by atoms with van der Waals surface area (Å²) >= 11 is 1.46. The largest absolute Gasteiger partial charge is 0.325 e. The number of carbonyl (C=O) groups excluding carboxylic acids is 1. The van der Waals surface area contributed by atoms with Gasteiger partial charge in [0.2, 0.25) is 5.91 Å². The molecule has 0 saturated heterocycles. The second kappa shape index (κ2) is 8.09. The summed E-state index contributed by atoms with van der Waals surface area (Å²) in [4.78, 5) is 17.4. The number of nitrogens with zero attached hydrogens (tertiary/aromatic N) is 1. The first kappa shape index (κ1) is 19.4. The van der Waals surface area contributed by atoms with Crippen LogP contribution in [-0.2, 0) is 4.79 Å². The van der Waals surface area contributed by atoms with Crippen LogP contribution < -0.4 is 5.32 Å². The maximum atomic E-state index is 13.0. The minimum atomic E-state index is -0.323. The van der Waals surface area contributed by atoms with Gasteiger partial charge in [-0.25, -0.2) is 9.37 Å². The molecule has 1 amide bonds. The van der Waals surface area contributed by atoms with E-state index < -0.39 is 0 Å². The lowest BCUT2D eigenvalue weighted by Crippen LogP contribution is -2.24. The van der Waals surface area contributed by atoms with Crippen LogP contribution in [0.3, 0.4) is 0 Å². The highest BCUT2D eigenvalue weighted by Crippen LogP contribution is 2.30. The molecule has 3 nitrogen and oxygen atoms in total. The lowest BCUT2D eigenvalue weighted by atomic mass is 10.0. The summed E-state index contributed by atoms with van der Waals surface area (Å²) in [6.07, 6.45) is 0.670. The van der Waals surface area contributed by atoms with Crippen molar-refractivity contribution in [1.29, 1.82) is 0 Å². The smallest absolute Gasteiger partial charge is 0.237 e. The predicted molar refractivity (Wildman–Crippen MR) is 111 cm³/mol. The number of thioether (sulfide) groups is 1. The number of fused-ring (bicyclic) bond motifs is 1. The Bertz CT molecular complexity index is 986. The van der Waals surface area contributed by atoms with E-state index in [1.165, 1.54) is 29.5 Å². The molecule has 27 heavy (non-hydrogen) atoms. The van der Waals surface area contributed by atoms with Gasteiger partial charge < -0.3 is 5.32 Å². The van der Waals surface area contributed by atoms with E-state index in [4.69, 9.17) is 4.98 Å². The molecular weight excluding hydrogens is 359 g/mol. The van der Waals surface area contributed by atoms with Gasteiger partial charge in [0.1, 0.15) is 5.82 Å². The molecule has 1 unspecified atom stereocenters. The topological polar surface area (TPSA) is 42.0 Å². The molecule has 0 fully saturated rings. The van der Waals surface area contributed by atoms with Gasteiger partial charge in [0.25, 0.3) is 0 Å². The summed E-state index contributed by atoms with van der Waals surface area (Å²) in [5.74, 6) is -0.426. The van der Waals surface area contributed by atoms with Crippen LogP contribution in [0.25, 0.3) is 10.9 Å². The monoisotopic (exact) mass is 382 g/mol. The fourth-order valence-electron chi connectivity index (χ4n) is 3.10. The molecule has 5 heteroatoms. The molecule has 0 spiro atoms. The molecule has 0 aliphatic rings. The van der Waals surface area contributed by atoms with Gasteiger partial charge in [-0.15, -0.1) is 0 Å². The number of hydrogen-bond donors (Lipinski definition) is 1. The zero-order valence-electron chi connectivity index (χ0n) is 16.0.